The monoisotopic (exact) mass is 607 g/mol. The topological polar surface area (TPSA) is 86.9 Å². The molecule has 2 aliphatic rings. The van der Waals surface area contributed by atoms with E-state index in [-0.39, 0.29) is 10.3 Å². The molecule has 3 aromatic rings. The van der Waals surface area contributed by atoms with Gasteiger partial charge in [-0.25, -0.2) is 0 Å². The summed E-state index contributed by atoms with van der Waals surface area (Å²) in [6.45, 7) is 15.1. The second kappa shape index (κ2) is 11.1. The summed E-state index contributed by atoms with van der Waals surface area (Å²) >= 11 is 1.33. The third-order valence-electron chi connectivity index (χ3n) is 8.55. The Morgan fingerprint density at radius 2 is 1.83 bits per heavy atom. The molecule has 0 saturated heterocycles. The zero-order valence-corrected chi connectivity index (χ0v) is 26.7. The summed E-state index contributed by atoms with van der Waals surface area (Å²) in [4.78, 5) is 13.2. The third-order valence-corrected chi connectivity index (χ3v) is 10.5. The van der Waals surface area contributed by atoms with Crippen LogP contribution < -0.4 is 9.64 Å². The molecule has 2 aliphatic heterocycles. The van der Waals surface area contributed by atoms with Crippen molar-refractivity contribution in [2.45, 2.75) is 76.5 Å². The molecular weight excluding hydrogens is 569 g/mol. The van der Waals surface area contributed by atoms with Crippen LogP contribution in [-0.2, 0) is 25.7 Å². The van der Waals surface area contributed by atoms with Gasteiger partial charge in [-0.3, -0.25) is 9.35 Å². The highest BCUT2D eigenvalue weighted by molar-refractivity contribution is 7.86. The van der Waals surface area contributed by atoms with Gasteiger partial charge in [0, 0.05) is 52.9 Å². The Morgan fingerprint density at radius 1 is 1.07 bits per heavy atom. The van der Waals surface area contributed by atoms with Gasteiger partial charge in [-0.1, -0.05) is 40.2 Å². The van der Waals surface area contributed by atoms with Crippen LogP contribution in [0.3, 0.4) is 0 Å². The molecule has 0 radical (unpaired) electrons. The number of ether oxygens (including phenoxy) is 1. The summed E-state index contributed by atoms with van der Waals surface area (Å²) in [6.07, 6.45) is 9.41. The van der Waals surface area contributed by atoms with Gasteiger partial charge in [-0.15, -0.1) is 11.3 Å². The number of thiophene rings is 1. The van der Waals surface area contributed by atoms with Crippen molar-refractivity contribution in [2.75, 3.05) is 18.0 Å². The molecule has 0 spiro atoms. The number of carbonyl (C=O) groups excluding carboxylic acids is 1. The third kappa shape index (κ3) is 4.91. The van der Waals surface area contributed by atoms with E-state index in [1.54, 1.807) is 6.07 Å². The quantitative estimate of drug-likeness (QED) is 0.146. The first kappa shape index (κ1) is 30.2. The SMILES string of the molecule is CCCC[N+]1=C(/C=C/C=C2/N(CCC)c3cc(S(=O)(=O)O)c4sccc4c3C2(C)C)C(C)(C)c2cc(OC=O)ccc21. The molecule has 222 valence electrons. The number of hydrogen-bond acceptors (Lipinski definition) is 6. The Bertz CT molecular complexity index is 1760. The van der Waals surface area contributed by atoms with Crippen LogP contribution in [0.1, 0.15) is 71.9 Å². The Hall–Kier alpha value is -3.27. The van der Waals surface area contributed by atoms with Crippen molar-refractivity contribution in [1.82, 2.24) is 0 Å². The van der Waals surface area contributed by atoms with E-state index in [4.69, 9.17) is 4.74 Å². The van der Waals surface area contributed by atoms with Crippen molar-refractivity contribution < 1.29 is 27.1 Å². The average molecular weight is 608 g/mol. The van der Waals surface area contributed by atoms with Gasteiger partial charge in [0.2, 0.25) is 5.69 Å². The molecule has 0 amide bonds. The van der Waals surface area contributed by atoms with Crippen molar-refractivity contribution in [2.24, 2.45) is 0 Å². The minimum atomic E-state index is -4.39. The summed E-state index contributed by atoms with van der Waals surface area (Å²) < 4.78 is 42.9. The number of fused-ring (bicyclic) bond motifs is 4. The van der Waals surface area contributed by atoms with Crippen molar-refractivity contribution in [1.29, 1.82) is 0 Å². The predicted octanol–water partition coefficient (Wildman–Crippen LogP) is 7.51. The molecule has 1 N–H and O–H groups in total. The first-order valence-corrected chi connectivity index (χ1v) is 16.8. The number of rotatable bonds is 10. The van der Waals surface area contributed by atoms with E-state index in [9.17, 15) is 17.8 Å². The van der Waals surface area contributed by atoms with Gasteiger partial charge in [0.1, 0.15) is 17.2 Å². The second-order valence-corrected chi connectivity index (χ2v) is 14.3. The molecule has 7 nitrogen and oxygen atoms in total. The van der Waals surface area contributed by atoms with Gasteiger partial charge >= 0.3 is 0 Å². The molecule has 0 aliphatic carbocycles. The summed E-state index contributed by atoms with van der Waals surface area (Å²) in [7, 11) is -4.39. The lowest BCUT2D eigenvalue weighted by atomic mass is 9.80. The highest BCUT2D eigenvalue weighted by Gasteiger charge is 2.45. The molecule has 0 atom stereocenters. The van der Waals surface area contributed by atoms with Crippen LogP contribution in [0.5, 0.6) is 5.75 Å². The minimum absolute atomic E-state index is 0.0366. The van der Waals surface area contributed by atoms with Crippen LogP contribution in [0.2, 0.25) is 0 Å². The average Bonchev–Trinajstić information content (AvgIpc) is 3.54. The van der Waals surface area contributed by atoms with Crippen LogP contribution in [-0.4, -0.2) is 42.8 Å². The fourth-order valence-electron chi connectivity index (χ4n) is 6.59. The second-order valence-electron chi connectivity index (χ2n) is 12.0. The first-order valence-electron chi connectivity index (χ1n) is 14.5. The minimum Gasteiger partial charge on any atom is -0.429 e. The van der Waals surface area contributed by atoms with Crippen LogP contribution in [0.4, 0.5) is 11.4 Å². The predicted molar refractivity (Wildman–Crippen MR) is 170 cm³/mol. The maximum atomic E-state index is 12.4. The van der Waals surface area contributed by atoms with Crippen LogP contribution >= 0.6 is 11.3 Å². The van der Waals surface area contributed by atoms with Crippen molar-refractivity contribution in [3.05, 3.63) is 70.8 Å². The number of nitrogens with zero attached hydrogens (tertiary/aromatic N) is 2. The van der Waals surface area contributed by atoms with Gasteiger partial charge in [-0.05, 0) is 61.6 Å². The first-order chi connectivity index (χ1) is 19.9. The van der Waals surface area contributed by atoms with Gasteiger partial charge < -0.3 is 9.64 Å². The van der Waals surface area contributed by atoms with Crippen molar-refractivity contribution in [3.8, 4) is 5.75 Å². The van der Waals surface area contributed by atoms with E-state index in [2.05, 4.69) is 69.2 Å². The highest BCUT2D eigenvalue weighted by atomic mass is 32.2. The van der Waals surface area contributed by atoms with Gasteiger partial charge in [-0.2, -0.15) is 13.0 Å². The molecule has 42 heavy (non-hydrogen) atoms. The lowest BCUT2D eigenvalue weighted by molar-refractivity contribution is -0.438. The number of unbranched alkanes of at least 4 members (excludes halogenated alkanes) is 1. The van der Waals surface area contributed by atoms with E-state index >= 15 is 0 Å². The van der Waals surface area contributed by atoms with Gasteiger partial charge in [0.25, 0.3) is 16.6 Å². The van der Waals surface area contributed by atoms with E-state index in [0.29, 0.717) is 23.5 Å². The summed E-state index contributed by atoms with van der Waals surface area (Å²) in [5.74, 6) is 0.532. The largest absolute Gasteiger partial charge is 0.429 e. The van der Waals surface area contributed by atoms with Crippen LogP contribution in [0, 0.1) is 0 Å². The van der Waals surface area contributed by atoms with E-state index in [1.807, 2.05) is 29.6 Å². The van der Waals surface area contributed by atoms with Crippen molar-refractivity contribution in [3.63, 3.8) is 0 Å². The van der Waals surface area contributed by atoms with Crippen LogP contribution in [0.25, 0.3) is 10.1 Å². The van der Waals surface area contributed by atoms with Gasteiger partial charge in [0.15, 0.2) is 5.71 Å². The molecule has 2 aromatic carbocycles. The summed E-state index contributed by atoms with van der Waals surface area (Å²) in [5.41, 5.74) is 5.67. The normalized spacial score (nSPS) is 18.4. The molecule has 9 heteroatoms. The summed E-state index contributed by atoms with van der Waals surface area (Å²) in [6, 6.07) is 9.43. The Morgan fingerprint density at radius 3 is 2.50 bits per heavy atom. The van der Waals surface area contributed by atoms with Crippen LogP contribution in [0.15, 0.2) is 64.5 Å². The zero-order chi connectivity index (χ0) is 30.4. The smallest absolute Gasteiger partial charge is 0.298 e. The molecule has 5 rings (SSSR count). The highest BCUT2D eigenvalue weighted by Crippen LogP contribution is 2.53. The molecule has 0 unspecified atom stereocenters. The fourth-order valence-corrected chi connectivity index (χ4v) is 8.46. The number of anilines is 1. The molecule has 0 bridgehead atoms. The molecule has 3 heterocycles. The molecule has 0 fully saturated rings. The van der Waals surface area contributed by atoms with Crippen molar-refractivity contribution >= 4 is 55.1 Å². The Labute approximate surface area is 252 Å². The Kier molecular flexibility index (Phi) is 7.98. The fraction of sp³-hybridized carbons (Fsp3) is 0.394. The Balaban J connectivity index is 1.62. The van der Waals surface area contributed by atoms with E-state index < -0.39 is 15.5 Å². The van der Waals surface area contributed by atoms with E-state index in [0.717, 1.165) is 65.1 Å². The zero-order valence-electron chi connectivity index (χ0n) is 25.1. The van der Waals surface area contributed by atoms with Gasteiger partial charge in [0.05, 0.1) is 10.1 Å². The summed E-state index contributed by atoms with van der Waals surface area (Å²) in [5, 5.41) is 2.75. The lowest BCUT2D eigenvalue weighted by Crippen LogP contribution is -2.28. The molecule has 1 aromatic heterocycles. The lowest BCUT2D eigenvalue weighted by Gasteiger charge is -2.26. The molecule has 0 saturated carbocycles. The number of benzene rings is 2. The van der Waals surface area contributed by atoms with E-state index in [1.165, 1.54) is 11.3 Å². The molecular formula is C33H39N2O5S2+. The maximum Gasteiger partial charge on any atom is 0.298 e. The number of hydrogen-bond donors (Lipinski definition) is 1. The standard InChI is InChI=1S/C33H38N2O5S2/c1-7-9-17-35-25-14-13-22(40-21-36)19-24(25)32(3,4)28(35)11-10-12-29-33(5,6)30-23-15-18-41-31(23)27(42(37,38)39)20-26(30)34(29)16-8-2/h10-15,18-21H,7-9,16-17H2,1-6H3/p+1. The maximum absolute atomic E-state index is 12.4. The number of allylic oxidation sites excluding steroid dienone is 4. The number of carbonyl (C=O) groups is 1.